The average Bonchev–Trinajstić information content (AvgIpc) is 3.15. The highest BCUT2D eigenvalue weighted by Crippen LogP contribution is 2.40. The van der Waals surface area contributed by atoms with Crippen LogP contribution in [-0.4, -0.2) is 5.11 Å². The van der Waals surface area contributed by atoms with E-state index in [0.717, 1.165) is 54.6 Å². The van der Waals surface area contributed by atoms with Gasteiger partial charge < -0.3 is 13.9 Å². The maximum absolute atomic E-state index is 9.71. The lowest BCUT2D eigenvalue weighted by atomic mass is 10.0. The standard InChI is InChI=1S/C22H11ClO3/c23-17-2-1-3-18-22(17)16-10-20-15(9-21(16)25-18)14-7-11-4-5-13(24)6-12(11)8-19(14)26-20/h1-10,24H. The molecule has 26 heavy (non-hydrogen) atoms. The fraction of sp³-hybridized carbons (Fsp3) is 0. The number of fused-ring (bicyclic) bond motifs is 7. The summed E-state index contributed by atoms with van der Waals surface area (Å²) in [5.41, 5.74) is 3.12. The van der Waals surface area contributed by atoms with E-state index in [1.165, 1.54) is 0 Å². The van der Waals surface area contributed by atoms with Crippen molar-refractivity contribution in [3.05, 3.63) is 65.7 Å². The third-order valence-corrected chi connectivity index (χ3v) is 5.29. The van der Waals surface area contributed by atoms with Gasteiger partial charge in [-0.15, -0.1) is 0 Å². The van der Waals surface area contributed by atoms with Gasteiger partial charge in [0.2, 0.25) is 0 Å². The summed E-state index contributed by atoms with van der Waals surface area (Å²) >= 11 is 6.38. The Hall–Kier alpha value is -3.17. The number of benzene rings is 4. The van der Waals surface area contributed by atoms with Crippen LogP contribution in [0.5, 0.6) is 5.75 Å². The lowest BCUT2D eigenvalue weighted by Gasteiger charge is -1.99. The second-order valence-corrected chi connectivity index (χ2v) is 6.95. The molecule has 0 atom stereocenters. The van der Waals surface area contributed by atoms with Gasteiger partial charge in [-0.2, -0.15) is 0 Å². The molecule has 0 aliphatic carbocycles. The molecule has 0 fully saturated rings. The van der Waals surface area contributed by atoms with Crippen LogP contribution in [-0.2, 0) is 0 Å². The van der Waals surface area contributed by atoms with Crippen LogP contribution in [0.1, 0.15) is 0 Å². The van der Waals surface area contributed by atoms with E-state index in [4.69, 9.17) is 20.4 Å². The van der Waals surface area contributed by atoms with Crippen molar-refractivity contribution in [2.24, 2.45) is 0 Å². The minimum absolute atomic E-state index is 0.242. The van der Waals surface area contributed by atoms with Gasteiger partial charge in [-0.25, -0.2) is 0 Å². The lowest BCUT2D eigenvalue weighted by Crippen LogP contribution is -1.73. The number of furan rings is 2. The van der Waals surface area contributed by atoms with Crippen molar-refractivity contribution in [3.63, 3.8) is 0 Å². The molecular formula is C22H11ClO3. The Balaban J connectivity index is 1.78. The molecule has 0 aliphatic heterocycles. The first-order valence-corrected chi connectivity index (χ1v) is 8.65. The summed E-state index contributed by atoms with van der Waals surface area (Å²) in [6.07, 6.45) is 0. The molecule has 2 heterocycles. The average molecular weight is 359 g/mol. The molecule has 0 saturated heterocycles. The first-order valence-electron chi connectivity index (χ1n) is 8.27. The van der Waals surface area contributed by atoms with E-state index < -0.39 is 0 Å². The van der Waals surface area contributed by atoms with Crippen LogP contribution in [0.25, 0.3) is 54.6 Å². The molecular weight excluding hydrogens is 348 g/mol. The Bertz CT molecular complexity index is 1500. The van der Waals surface area contributed by atoms with Gasteiger partial charge in [0.15, 0.2) is 0 Å². The van der Waals surface area contributed by atoms with Gasteiger partial charge in [0.1, 0.15) is 28.1 Å². The third kappa shape index (κ3) is 1.78. The maximum Gasteiger partial charge on any atom is 0.136 e. The van der Waals surface area contributed by atoms with Crippen molar-refractivity contribution < 1.29 is 13.9 Å². The van der Waals surface area contributed by atoms with Crippen LogP contribution in [0.4, 0.5) is 0 Å². The van der Waals surface area contributed by atoms with Gasteiger partial charge >= 0.3 is 0 Å². The zero-order valence-electron chi connectivity index (χ0n) is 13.4. The summed E-state index contributed by atoms with van der Waals surface area (Å²) in [5.74, 6) is 0.242. The Morgan fingerprint density at radius 1 is 0.654 bits per heavy atom. The summed E-state index contributed by atoms with van der Waals surface area (Å²) in [6, 6.07) is 19.0. The zero-order valence-corrected chi connectivity index (χ0v) is 14.2. The van der Waals surface area contributed by atoms with E-state index in [0.29, 0.717) is 5.02 Å². The largest absolute Gasteiger partial charge is 0.508 e. The quantitative estimate of drug-likeness (QED) is 0.318. The minimum atomic E-state index is 0.242. The van der Waals surface area contributed by atoms with Crippen LogP contribution >= 0.6 is 11.6 Å². The van der Waals surface area contributed by atoms with Crippen LogP contribution in [0.15, 0.2) is 69.5 Å². The van der Waals surface area contributed by atoms with Crippen LogP contribution in [0, 0.1) is 0 Å². The summed E-state index contributed by atoms with van der Waals surface area (Å²) < 4.78 is 12.1. The monoisotopic (exact) mass is 358 g/mol. The van der Waals surface area contributed by atoms with Crippen molar-refractivity contribution in [1.29, 1.82) is 0 Å². The Kier molecular flexibility index (Phi) is 2.55. The first kappa shape index (κ1) is 14.0. The Morgan fingerprint density at radius 3 is 2.31 bits per heavy atom. The van der Waals surface area contributed by atoms with Gasteiger partial charge in [0.25, 0.3) is 0 Å². The normalized spacial score (nSPS) is 12.2. The highest BCUT2D eigenvalue weighted by molar-refractivity contribution is 6.38. The molecule has 1 N–H and O–H groups in total. The zero-order chi connectivity index (χ0) is 17.4. The maximum atomic E-state index is 9.71. The number of phenols is 1. The number of halogens is 1. The van der Waals surface area contributed by atoms with Crippen molar-refractivity contribution >= 4 is 66.3 Å². The predicted octanol–water partition coefficient (Wildman–Crippen LogP) is 7.00. The Morgan fingerprint density at radius 2 is 1.38 bits per heavy atom. The molecule has 4 aromatic carbocycles. The number of aromatic hydroxyl groups is 1. The molecule has 0 saturated carbocycles. The molecule has 0 spiro atoms. The smallest absolute Gasteiger partial charge is 0.136 e. The van der Waals surface area contributed by atoms with E-state index in [9.17, 15) is 5.11 Å². The topological polar surface area (TPSA) is 46.5 Å². The molecule has 6 aromatic rings. The molecule has 0 aliphatic rings. The van der Waals surface area contributed by atoms with Gasteiger partial charge in [-0.3, -0.25) is 0 Å². The van der Waals surface area contributed by atoms with Gasteiger partial charge in [0.05, 0.1) is 5.02 Å². The molecule has 2 aromatic heterocycles. The van der Waals surface area contributed by atoms with E-state index in [2.05, 4.69) is 6.07 Å². The molecule has 0 amide bonds. The highest BCUT2D eigenvalue weighted by atomic mass is 35.5. The van der Waals surface area contributed by atoms with E-state index >= 15 is 0 Å². The minimum Gasteiger partial charge on any atom is -0.508 e. The molecule has 3 nitrogen and oxygen atoms in total. The second-order valence-electron chi connectivity index (χ2n) is 6.54. The molecule has 0 unspecified atom stereocenters. The molecule has 6 rings (SSSR count). The summed E-state index contributed by atoms with van der Waals surface area (Å²) in [6.45, 7) is 0. The van der Waals surface area contributed by atoms with Crippen molar-refractivity contribution in [1.82, 2.24) is 0 Å². The lowest BCUT2D eigenvalue weighted by molar-refractivity contribution is 0.476. The van der Waals surface area contributed by atoms with Crippen LogP contribution in [0.2, 0.25) is 5.02 Å². The van der Waals surface area contributed by atoms with Crippen molar-refractivity contribution in [2.45, 2.75) is 0 Å². The van der Waals surface area contributed by atoms with Crippen LogP contribution in [0.3, 0.4) is 0 Å². The summed E-state index contributed by atoms with van der Waals surface area (Å²) in [5, 5.41) is 16.2. The van der Waals surface area contributed by atoms with Gasteiger partial charge in [0, 0.05) is 21.5 Å². The number of hydrogen-bond donors (Lipinski definition) is 1. The Labute approximate surface area is 152 Å². The summed E-state index contributed by atoms with van der Waals surface area (Å²) in [7, 11) is 0. The SMILES string of the molecule is Oc1ccc2cc3c(cc2c1)oc1cc2c(cc13)oc1cccc(Cl)c12. The molecule has 4 heteroatoms. The van der Waals surface area contributed by atoms with Gasteiger partial charge in [-0.05, 0) is 59.3 Å². The fourth-order valence-electron chi connectivity index (χ4n) is 3.78. The molecule has 0 radical (unpaired) electrons. The third-order valence-electron chi connectivity index (χ3n) is 4.98. The molecule has 124 valence electrons. The van der Waals surface area contributed by atoms with Crippen molar-refractivity contribution in [3.8, 4) is 5.75 Å². The van der Waals surface area contributed by atoms with E-state index in [-0.39, 0.29) is 5.75 Å². The fourth-order valence-corrected chi connectivity index (χ4v) is 4.05. The van der Waals surface area contributed by atoms with Crippen molar-refractivity contribution in [2.75, 3.05) is 0 Å². The second kappa shape index (κ2) is 4.71. The number of rotatable bonds is 0. The highest BCUT2D eigenvalue weighted by Gasteiger charge is 2.15. The first-order chi connectivity index (χ1) is 12.7. The summed E-state index contributed by atoms with van der Waals surface area (Å²) in [4.78, 5) is 0. The number of hydrogen-bond acceptors (Lipinski definition) is 3. The molecule has 0 bridgehead atoms. The van der Waals surface area contributed by atoms with Crippen LogP contribution < -0.4 is 0 Å². The van der Waals surface area contributed by atoms with Gasteiger partial charge in [-0.1, -0.05) is 23.7 Å². The number of phenolic OH excluding ortho intramolecular Hbond substituents is 1. The van der Waals surface area contributed by atoms with E-state index in [1.54, 1.807) is 12.1 Å². The van der Waals surface area contributed by atoms with E-state index in [1.807, 2.05) is 42.5 Å². The predicted molar refractivity (Wildman–Crippen MR) is 105 cm³/mol.